The van der Waals surface area contributed by atoms with E-state index in [1.54, 1.807) is 7.11 Å². The van der Waals surface area contributed by atoms with Crippen molar-refractivity contribution in [3.8, 4) is 5.75 Å². The predicted molar refractivity (Wildman–Crippen MR) is 87.6 cm³/mol. The summed E-state index contributed by atoms with van der Waals surface area (Å²) in [5.41, 5.74) is 1.28. The van der Waals surface area contributed by atoms with Gasteiger partial charge in [0.1, 0.15) is 5.75 Å². The second-order valence-corrected chi connectivity index (χ2v) is 6.24. The molecule has 1 heterocycles. The number of nitrogens with zero attached hydrogens (tertiary/aromatic N) is 1. The number of hydrogen-bond donors (Lipinski definition) is 1. The van der Waals surface area contributed by atoms with Gasteiger partial charge in [0.25, 0.3) is 0 Å². The van der Waals surface area contributed by atoms with Gasteiger partial charge in [0.15, 0.2) is 0 Å². The van der Waals surface area contributed by atoms with Crippen LogP contribution in [0.15, 0.2) is 18.5 Å². The van der Waals surface area contributed by atoms with Gasteiger partial charge in [0.05, 0.1) is 13.3 Å². The van der Waals surface area contributed by atoms with E-state index in [0.717, 1.165) is 30.6 Å². The molecule has 2 rings (SSSR count). The maximum absolute atomic E-state index is 5.54. The molecule has 0 radical (unpaired) electrons. The normalized spacial score (nSPS) is 23.8. The lowest BCUT2D eigenvalue weighted by Gasteiger charge is -2.35. The van der Waals surface area contributed by atoms with Gasteiger partial charge in [-0.2, -0.15) is 0 Å². The number of pyridine rings is 1. The van der Waals surface area contributed by atoms with Crippen LogP contribution in [-0.4, -0.2) is 18.6 Å². The third-order valence-corrected chi connectivity index (χ3v) is 4.93. The SMILES string of the molecule is CCCNC(c1ccncc1OC)C1CCC(CC)CC1. The molecule has 0 aliphatic heterocycles. The summed E-state index contributed by atoms with van der Waals surface area (Å²) in [7, 11) is 1.74. The molecule has 0 amide bonds. The zero-order chi connectivity index (χ0) is 15.1. The fourth-order valence-corrected chi connectivity index (χ4v) is 3.58. The fraction of sp³-hybridized carbons (Fsp3) is 0.722. The Bertz CT molecular complexity index is 413. The van der Waals surface area contributed by atoms with E-state index < -0.39 is 0 Å². The topological polar surface area (TPSA) is 34.2 Å². The average Bonchev–Trinajstić information content (AvgIpc) is 2.56. The van der Waals surface area contributed by atoms with Crippen molar-refractivity contribution in [2.75, 3.05) is 13.7 Å². The zero-order valence-electron chi connectivity index (χ0n) is 13.8. The fourth-order valence-electron chi connectivity index (χ4n) is 3.58. The van der Waals surface area contributed by atoms with E-state index in [1.807, 2.05) is 12.4 Å². The molecule has 1 N–H and O–H groups in total. The summed E-state index contributed by atoms with van der Waals surface area (Å²) in [5, 5.41) is 3.76. The second-order valence-electron chi connectivity index (χ2n) is 6.24. The van der Waals surface area contributed by atoms with Gasteiger partial charge in [-0.15, -0.1) is 0 Å². The average molecular weight is 290 g/mol. The summed E-state index contributed by atoms with van der Waals surface area (Å²) in [4.78, 5) is 4.20. The van der Waals surface area contributed by atoms with Gasteiger partial charge in [0, 0.05) is 17.8 Å². The van der Waals surface area contributed by atoms with Crippen molar-refractivity contribution in [2.24, 2.45) is 11.8 Å². The third-order valence-electron chi connectivity index (χ3n) is 4.93. The van der Waals surface area contributed by atoms with Crippen LogP contribution in [0.3, 0.4) is 0 Å². The first-order valence-corrected chi connectivity index (χ1v) is 8.51. The quantitative estimate of drug-likeness (QED) is 0.810. The molecule has 0 saturated heterocycles. The molecule has 1 aromatic rings. The van der Waals surface area contributed by atoms with Crippen molar-refractivity contribution in [1.29, 1.82) is 0 Å². The van der Waals surface area contributed by atoms with Crippen molar-refractivity contribution in [3.05, 3.63) is 24.0 Å². The van der Waals surface area contributed by atoms with Crippen molar-refractivity contribution < 1.29 is 4.74 Å². The number of methoxy groups -OCH3 is 1. The van der Waals surface area contributed by atoms with E-state index in [0.29, 0.717) is 6.04 Å². The Morgan fingerprint density at radius 2 is 2.05 bits per heavy atom. The smallest absolute Gasteiger partial charge is 0.141 e. The summed E-state index contributed by atoms with van der Waals surface area (Å²) in [5.74, 6) is 2.58. The van der Waals surface area contributed by atoms with Crippen LogP contribution in [0.25, 0.3) is 0 Å². The Labute approximate surface area is 129 Å². The molecule has 118 valence electrons. The Morgan fingerprint density at radius 3 is 2.67 bits per heavy atom. The largest absolute Gasteiger partial charge is 0.495 e. The van der Waals surface area contributed by atoms with E-state index in [9.17, 15) is 0 Å². The van der Waals surface area contributed by atoms with E-state index in [-0.39, 0.29) is 0 Å². The predicted octanol–water partition coefficient (Wildman–Crippen LogP) is 4.35. The van der Waals surface area contributed by atoms with Gasteiger partial charge in [-0.25, -0.2) is 0 Å². The van der Waals surface area contributed by atoms with Crippen LogP contribution in [0, 0.1) is 11.8 Å². The van der Waals surface area contributed by atoms with Crippen LogP contribution >= 0.6 is 0 Å². The van der Waals surface area contributed by atoms with E-state index in [2.05, 4.69) is 30.2 Å². The summed E-state index contributed by atoms with van der Waals surface area (Å²) in [6.07, 6.45) is 11.6. The molecule has 0 spiro atoms. The Kier molecular flexibility index (Phi) is 6.50. The van der Waals surface area contributed by atoms with Gasteiger partial charge >= 0.3 is 0 Å². The minimum atomic E-state index is 0.403. The maximum Gasteiger partial charge on any atom is 0.141 e. The Balaban J connectivity index is 2.14. The highest BCUT2D eigenvalue weighted by Crippen LogP contribution is 2.40. The molecule has 1 fully saturated rings. The molecule has 1 aromatic heterocycles. The number of nitrogens with one attached hydrogen (secondary N) is 1. The summed E-state index contributed by atoms with van der Waals surface area (Å²) >= 11 is 0. The molecule has 1 unspecified atom stereocenters. The van der Waals surface area contributed by atoms with Crippen molar-refractivity contribution in [1.82, 2.24) is 10.3 Å². The van der Waals surface area contributed by atoms with Crippen LogP contribution in [-0.2, 0) is 0 Å². The summed E-state index contributed by atoms with van der Waals surface area (Å²) in [6.45, 7) is 5.61. The first-order chi connectivity index (χ1) is 10.3. The summed E-state index contributed by atoms with van der Waals surface area (Å²) in [6, 6.07) is 2.53. The monoisotopic (exact) mass is 290 g/mol. The standard InChI is InChI=1S/C18H30N2O/c1-4-11-20-18(15-8-6-14(5-2)7-9-15)16-10-12-19-13-17(16)21-3/h10,12-15,18,20H,4-9,11H2,1-3H3. The minimum absolute atomic E-state index is 0.403. The lowest BCUT2D eigenvalue weighted by Crippen LogP contribution is -2.32. The first kappa shape index (κ1) is 16.3. The van der Waals surface area contributed by atoms with Crippen molar-refractivity contribution in [2.45, 2.75) is 58.4 Å². The van der Waals surface area contributed by atoms with Gasteiger partial charge < -0.3 is 10.1 Å². The van der Waals surface area contributed by atoms with Crippen LogP contribution < -0.4 is 10.1 Å². The van der Waals surface area contributed by atoms with E-state index in [1.165, 1.54) is 37.7 Å². The van der Waals surface area contributed by atoms with Crippen molar-refractivity contribution >= 4 is 0 Å². The molecule has 0 aromatic carbocycles. The first-order valence-electron chi connectivity index (χ1n) is 8.51. The van der Waals surface area contributed by atoms with Crippen LogP contribution in [0.5, 0.6) is 5.75 Å². The molecular weight excluding hydrogens is 260 g/mol. The molecule has 1 saturated carbocycles. The van der Waals surface area contributed by atoms with Gasteiger partial charge in [-0.1, -0.05) is 33.1 Å². The van der Waals surface area contributed by atoms with Crippen LogP contribution in [0.2, 0.25) is 0 Å². The van der Waals surface area contributed by atoms with Gasteiger partial charge in [0.2, 0.25) is 0 Å². The molecule has 1 atom stereocenters. The number of ether oxygens (including phenoxy) is 1. The second kappa shape index (κ2) is 8.38. The molecule has 1 aliphatic rings. The Hall–Kier alpha value is -1.09. The third kappa shape index (κ3) is 4.19. The molecule has 0 bridgehead atoms. The molecule has 3 nitrogen and oxygen atoms in total. The van der Waals surface area contributed by atoms with Crippen molar-refractivity contribution in [3.63, 3.8) is 0 Å². The summed E-state index contributed by atoms with van der Waals surface area (Å²) < 4.78 is 5.54. The lowest BCUT2D eigenvalue weighted by atomic mass is 9.76. The molecule has 3 heteroatoms. The van der Waals surface area contributed by atoms with Crippen LogP contribution in [0.1, 0.15) is 64.0 Å². The molecular formula is C18H30N2O. The van der Waals surface area contributed by atoms with E-state index >= 15 is 0 Å². The van der Waals surface area contributed by atoms with Gasteiger partial charge in [-0.05, 0) is 43.7 Å². The van der Waals surface area contributed by atoms with Crippen LogP contribution in [0.4, 0.5) is 0 Å². The highest BCUT2D eigenvalue weighted by Gasteiger charge is 2.29. The lowest BCUT2D eigenvalue weighted by molar-refractivity contribution is 0.216. The van der Waals surface area contributed by atoms with E-state index in [4.69, 9.17) is 4.74 Å². The maximum atomic E-state index is 5.54. The number of hydrogen-bond acceptors (Lipinski definition) is 3. The highest BCUT2D eigenvalue weighted by atomic mass is 16.5. The van der Waals surface area contributed by atoms with Gasteiger partial charge in [-0.3, -0.25) is 4.98 Å². The number of rotatable bonds is 7. The number of aromatic nitrogens is 1. The Morgan fingerprint density at radius 1 is 1.29 bits per heavy atom. The molecule has 21 heavy (non-hydrogen) atoms. The molecule has 1 aliphatic carbocycles. The zero-order valence-corrected chi connectivity index (χ0v) is 13.8. The minimum Gasteiger partial charge on any atom is -0.495 e. The highest BCUT2D eigenvalue weighted by molar-refractivity contribution is 5.33.